The predicted octanol–water partition coefficient (Wildman–Crippen LogP) is 1.15. The Morgan fingerprint density at radius 1 is 1.50 bits per heavy atom. The number of rotatable bonds is 8. The van der Waals surface area contributed by atoms with Gasteiger partial charge in [-0.25, -0.2) is 0 Å². The zero-order valence-electron chi connectivity index (χ0n) is 11.6. The van der Waals surface area contributed by atoms with Gasteiger partial charge in [-0.1, -0.05) is 12.1 Å². The number of hydrogen-bond donors (Lipinski definition) is 1. The van der Waals surface area contributed by atoms with Gasteiger partial charge in [-0.15, -0.1) is 5.10 Å². The Labute approximate surface area is 109 Å². The van der Waals surface area contributed by atoms with Crippen molar-refractivity contribution in [3.8, 4) is 0 Å². The summed E-state index contributed by atoms with van der Waals surface area (Å²) < 4.78 is 7.70. The average molecular weight is 252 g/mol. The zero-order chi connectivity index (χ0) is 13.0. The summed E-state index contributed by atoms with van der Waals surface area (Å²) in [5.41, 5.74) is 1.04. The molecule has 2 rings (SSSR count). The number of likely N-dealkylation sites (N-methyl/N-ethyl adjacent to an activating group) is 1. The molecule has 0 bridgehead atoms. The number of ether oxygens (including phenoxy) is 1. The summed E-state index contributed by atoms with van der Waals surface area (Å²) >= 11 is 0. The number of nitrogens with one attached hydrogen (secondary N) is 1. The monoisotopic (exact) mass is 252 g/mol. The van der Waals surface area contributed by atoms with Crippen LogP contribution in [0.4, 0.5) is 0 Å². The maximum atomic E-state index is 5.94. The van der Waals surface area contributed by atoms with Gasteiger partial charge in [-0.2, -0.15) is 0 Å². The van der Waals surface area contributed by atoms with E-state index in [1.807, 2.05) is 13.2 Å². The fourth-order valence-corrected chi connectivity index (χ4v) is 2.48. The summed E-state index contributed by atoms with van der Waals surface area (Å²) in [6, 6.07) is 0.346. The average Bonchev–Trinajstić information content (AvgIpc) is 3.10. The molecule has 1 fully saturated rings. The molecule has 1 aliphatic carbocycles. The fourth-order valence-electron chi connectivity index (χ4n) is 2.48. The molecule has 0 radical (unpaired) electrons. The van der Waals surface area contributed by atoms with Crippen molar-refractivity contribution in [2.75, 3.05) is 13.2 Å². The second-order valence-electron chi connectivity index (χ2n) is 5.01. The van der Waals surface area contributed by atoms with Crippen molar-refractivity contribution in [3.63, 3.8) is 0 Å². The summed E-state index contributed by atoms with van der Waals surface area (Å²) in [6.07, 6.45) is 5.79. The smallest absolute Gasteiger partial charge is 0.0843 e. The normalized spacial score (nSPS) is 18.8. The Morgan fingerprint density at radius 3 is 2.78 bits per heavy atom. The van der Waals surface area contributed by atoms with Crippen molar-refractivity contribution in [1.29, 1.82) is 0 Å². The Balaban J connectivity index is 2.00. The fraction of sp³-hybridized carbons (Fsp3) is 0.846. The lowest BCUT2D eigenvalue weighted by molar-refractivity contribution is 0.0194. The SMILES string of the molecule is CCNC(Cc1cn(C)nn1)C(OCC)C1CC1. The topological polar surface area (TPSA) is 52.0 Å². The third kappa shape index (κ3) is 3.53. The van der Waals surface area contributed by atoms with Crippen LogP contribution in [-0.4, -0.2) is 40.3 Å². The van der Waals surface area contributed by atoms with E-state index in [1.165, 1.54) is 12.8 Å². The van der Waals surface area contributed by atoms with Crippen molar-refractivity contribution >= 4 is 0 Å². The summed E-state index contributed by atoms with van der Waals surface area (Å²) in [7, 11) is 1.90. The Hall–Kier alpha value is -0.940. The van der Waals surface area contributed by atoms with Crippen LogP contribution in [0, 0.1) is 5.92 Å². The van der Waals surface area contributed by atoms with Crippen molar-refractivity contribution in [2.24, 2.45) is 13.0 Å². The molecule has 2 atom stereocenters. The van der Waals surface area contributed by atoms with Gasteiger partial charge in [0.05, 0.1) is 11.8 Å². The quantitative estimate of drug-likeness (QED) is 0.754. The molecule has 1 saturated carbocycles. The zero-order valence-corrected chi connectivity index (χ0v) is 11.6. The number of aryl methyl sites for hydroxylation is 1. The molecule has 1 heterocycles. The van der Waals surface area contributed by atoms with Crippen molar-refractivity contribution in [3.05, 3.63) is 11.9 Å². The van der Waals surface area contributed by atoms with E-state index >= 15 is 0 Å². The van der Waals surface area contributed by atoms with E-state index in [2.05, 4.69) is 29.5 Å². The van der Waals surface area contributed by atoms with Crippen LogP contribution in [0.25, 0.3) is 0 Å². The summed E-state index contributed by atoms with van der Waals surface area (Å²) in [5, 5.41) is 11.7. The molecule has 2 unspecified atom stereocenters. The number of hydrogen-bond acceptors (Lipinski definition) is 4. The molecule has 0 spiro atoms. The van der Waals surface area contributed by atoms with Gasteiger partial charge >= 0.3 is 0 Å². The molecule has 18 heavy (non-hydrogen) atoms. The molecule has 1 aromatic rings. The van der Waals surface area contributed by atoms with E-state index in [4.69, 9.17) is 4.74 Å². The van der Waals surface area contributed by atoms with Crippen LogP contribution in [0.5, 0.6) is 0 Å². The highest BCUT2D eigenvalue weighted by Crippen LogP contribution is 2.36. The van der Waals surface area contributed by atoms with Crippen LogP contribution >= 0.6 is 0 Å². The van der Waals surface area contributed by atoms with E-state index in [9.17, 15) is 0 Å². The first kappa shape index (κ1) is 13.5. The van der Waals surface area contributed by atoms with Gasteiger partial charge in [0.2, 0.25) is 0 Å². The molecule has 0 saturated heterocycles. The van der Waals surface area contributed by atoms with E-state index in [1.54, 1.807) is 4.68 Å². The van der Waals surface area contributed by atoms with E-state index in [0.717, 1.165) is 31.2 Å². The predicted molar refractivity (Wildman–Crippen MR) is 70.3 cm³/mol. The van der Waals surface area contributed by atoms with Crippen molar-refractivity contribution in [2.45, 2.75) is 45.3 Å². The molecule has 1 aliphatic rings. The molecule has 1 aromatic heterocycles. The van der Waals surface area contributed by atoms with Gasteiger partial charge < -0.3 is 10.1 Å². The number of nitrogens with zero attached hydrogens (tertiary/aromatic N) is 3. The Bertz CT molecular complexity index is 362. The van der Waals surface area contributed by atoms with Gasteiger partial charge in [0.15, 0.2) is 0 Å². The maximum Gasteiger partial charge on any atom is 0.0843 e. The highest BCUT2D eigenvalue weighted by atomic mass is 16.5. The highest BCUT2D eigenvalue weighted by molar-refractivity contribution is 5.00. The second kappa shape index (κ2) is 6.29. The molecule has 0 aromatic carbocycles. The first-order valence-electron chi connectivity index (χ1n) is 6.94. The summed E-state index contributed by atoms with van der Waals surface area (Å²) in [6.45, 7) is 5.95. The van der Waals surface area contributed by atoms with Gasteiger partial charge in [-0.05, 0) is 32.2 Å². The lowest BCUT2D eigenvalue weighted by Crippen LogP contribution is -2.44. The minimum atomic E-state index is 0.317. The standard InChI is InChI=1S/C13H24N4O/c1-4-14-12(8-11-9-17(3)16-15-11)13(18-5-2)10-6-7-10/h9-10,12-14H,4-8H2,1-3H3. The highest BCUT2D eigenvalue weighted by Gasteiger charge is 2.37. The third-order valence-electron chi connectivity index (χ3n) is 3.39. The summed E-state index contributed by atoms with van der Waals surface area (Å²) in [4.78, 5) is 0. The second-order valence-corrected chi connectivity index (χ2v) is 5.01. The first-order valence-corrected chi connectivity index (χ1v) is 6.94. The van der Waals surface area contributed by atoms with Gasteiger partial charge in [0.1, 0.15) is 0 Å². The molecule has 102 valence electrons. The largest absolute Gasteiger partial charge is 0.377 e. The van der Waals surface area contributed by atoms with Gasteiger partial charge in [0.25, 0.3) is 0 Å². The Kier molecular flexibility index (Phi) is 4.72. The van der Waals surface area contributed by atoms with Crippen molar-refractivity contribution < 1.29 is 4.74 Å². The minimum absolute atomic E-state index is 0.317. The van der Waals surface area contributed by atoms with Gasteiger partial charge in [0, 0.05) is 32.3 Å². The van der Waals surface area contributed by atoms with E-state index in [-0.39, 0.29) is 0 Å². The maximum absolute atomic E-state index is 5.94. The van der Waals surface area contributed by atoms with Gasteiger partial charge in [-0.3, -0.25) is 4.68 Å². The van der Waals surface area contributed by atoms with Crippen LogP contribution in [0.15, 0.2) is 6.20 Å². The van der Waals surface area contributed by atoms with Crippen molar-refractivity contribution in [1.82, 2.24) is 20.3 Å². The van der Waals surface area contributed by atoms with Crippen LogP contribution < -0.4 is 5.32 Å². The molecule has 5 heteroatoms. The first-order chi connectivity index (χ1) is 8.74. The van der Waals surface area contributed by atoms with E-state index < -0.39 is 0 Å². The lowest BCUT2D eigenvalue weighted by atomic mass is 10.0. The lowest BCUT2D eigenvalue weighted by Gasteiger charge is -2.27. The third-order valence-corrected chi connectivity index (χ3v) is 3.39. The Morgan fingerprint density at radius 2 is 2.28 bits per heavy atom. The minimum Gasteiger partial charge on any atom is -0.377 e. The van der Waals surface area contributed by atoms with Crippen LogP contribution in [0.3, 0.4) is 0 Å². The van der Waals surface area contributed by atoms with Crippen LogP contribution in [0.2, 0.25) is 0 Å². The van der Waals surface area contributed by atoms with E-state index in [0.29, 0.717) is 12.1 Å². The van der Waals surface area contributed by atoms with Crippen LogP contribution in [0.1, 0.15) is 32.4 Å². The molecule has 0 amide bonds. The molecular formula is C13H24N4O. The molecular weight excluding hydrogens is 228 g/mol. The number of aromatic nitrogens is 3. The summed E-state index contributed by atoms with van der Waals surface area (Å²) in [5.74, 6) is 0.727. The molecule has 5 nitrogen and oxygen atoms in total. The molecule has 0 aliphatic heterocycles. The van der Waals surface area contributed by atoms with Crippen LogP contribution in [-0.2, 0) is 18.2 Å². The molecule has 1 N–H and O–H groups in total.